The highest BCUT2D eigenvalue weighted by Gasteiger charge is 1.99. The van der Waals surface area contributed by atoms with Crippen LogP contribution in [0.3, 0.4) is 0 Å². The van der Waals surface area contributed by atoms with Crippen LogP contribution in [0.25, 0.3) is 0 Å². The minimum Gasteiger partial charge on any atom is -0.254 e. The summed E-state index contributed by atoms with van der Waals surface area (Å²) in [4.78, 5) is 5.30. The molecule has 0 saturated carbocycles. The van der Waals surface area contributed by atoms with Crippen LogP contribution in [-0.4, -0.2) is 12.4 Å². The smallest absolute Gasteiger partial charge is 0.0784 e. The van der Waals surface area contributed by atoms with Gasteiger partial charge >= 0.3 is 0 Å². The molecule has 11 heavy (non-hydrogen) atoms. The zero-order chi connectivity index (χ0) is 7.52. The van der Waals surface area contributed by atoms with Gasteiger partial charge in [-0.1, -0.05) is 12.1 Å². The van der Waals surface area contributed by atoms with E-state index < -0.39 is 0 Å². The minimum atomic E-state index is 0.995. The fraction of sp³-hybridized carbons (Fsp3) is 0. The quantitative estimate of drug-likeness (QED) is 0.538. The van der Waals surface area contributed by atoms with Crippen molar-refractivity contribution in [2.24, 2.45) is 9.39 Å². The zero-order valence-electron chi connectivity index (χ0n) is 5.77. The fourth-order valence-electron chi connectivity index (χ4n) is 0.869. The van der Waals surface area contributed by atoms with Crippen LogP contribution in [0.2, 0.25) is 0 Å². The third-order valence-corrected chi connectivity index (χ3v) is 2.13. The lowest BCUT2D eigenvalue weighted by Crippen LogP contribution is -1.69. The van der Waals surface area contributed by atoms with Crippen molar-refractivity contribution in [3.8, 4) is 0 Å². The Balaban J connectivity index is 2.52. The second kappa shape index (κ2) is 2.88. The molecule has 0 radical (unpaired) electrons. The maximum absolute atomic E-state index is 4.19. The molecule has 0 atom stereocenters. The predicted octanol–water partition coefficient (Wildman–Crippen LogP) is 2.48. The van der Waals surface area contributed by atoms with E-state index in [1.165, 1.54) is 11.9 Å². The van der Waals surface area contributed by atoms with Crippen molar-refractivity contribution in [3.05, 3.63) is 24.3 Å². The molecule has 0 N–H and O–H groups in total. The Labute approximate surface area is 69.2 Å². The molecule has 0 spiro atoms. The van der Waals surface area contributed by atoms with Crippen molar-refractivity contribution < 1.29 is 0 Å². The van der Waals surface area contributed by atoms with E-state index in [2.05, 4.69) is 9.39 Å². The van der Waals surface area contributed by atoms with Crippen LogP contribution in [0, 0.1) is 0 Å². The first-order valence-corrected chi connectivity index (χ1v) is 4.06. The zero-order valence-corrected chi connectivity index (χ0v) is 6.58. The Kier molecular flexibility index (Phi) is 1.73. The molecular formula is C8H6N2S. The van der Waals surface area contributed by atoms with Gasteiger partial charge in [-0.2, -0.15) is 0 Å². The van der Waals surface area contributed by atoms with Gasteiger partial charge in [-0.25, -0.2) is 4.40 Å². The van der Waals surface area contributed by atoms with Gasteiger partial charge in [-0.05, 0) is 12.1 Å². The molecule has 0 fully saturated rings. The second-order valence-electron chi connectivity index (χ2n) is 2.09. The van der Waals surface area contributed by atoms with Crippen molar-refractivity contribution in [1.82, 2.24) is 0 Å². The number of nitrogens with zero attached hydrogens (tertiary/aromatic N) is 2. The molecule has 0 saturated heterocycles. The first-order chi connectivity index (χ1) is 5.47. The van der Waals surface area contributed by atoms with Crippen LogP contribution >= 0.6 is 11.9 Å². The van der Waals surface area contributed by atoms with Gasteiger partial charge in [0, 0.05) is 18.2 Å². The molecule has 3 heteroatoms. The van der Waals surface area contributed by atoms with Crippen LogP contribution in [0.1, 0.15) is 0 Å². The molecular weight excluding hydrogens is 156 g/mol. The predicted molar refractivity (Wildman–Crippen MR) is 48.9 cm³/mol. The van der Waals surface area contributed by atoms with E-state index in [4.69, 9.17) is 0 Å². The van der Waals surface area contributed by atoms with E-state index in [-0.39, 0.29) is 0 Å². The van der Waals surface area contributed by atoms with Gasteiger partial charge in [0.05, 0.1) is 16.8 Å². The third-order valence-electron chi connectivity index (χ3n) is 1.36. The average Bonchev–Trinajstić information content (AvgIpc) is 2.28. The standard InChI is InChI=1S/C8H6N2S/c1-2-4-8-7(3-1)9-5-6-10-11-8/h1-6H. The van der Waals surface area contributed by atoms with Gasteiger partial charge < -0.3 is 0 Å². The number of benzene rings is 1. The van der Waals surface area contributed by atoms with Crippen LogP contribution in [0.5, 0.6) is 0 Å². The summed E-state index contributed by atoms with van der Waals surface area (Å²) in [5.41, 5.74) is 0.995. The Morgan fingerprint density at radius 1 is 1.09 bits per heavy atom. The van der Waals surface area contributed by atoms with Crippen LogP contribution in [0.15, 0.2) is 38.6 Å². The Morgan fingerprint density at radius 3 is 3.00 bits per heavy atom. The lowest BCUT2D eigenvalue weighted by atomic mass is 10.3. The monoisotopic (exact) mass is 162 g/mol. The van der Waals surface area contributed by atoms with Gasteiger partial charge in [0.25, 0.3) is 0 Å². The van der Waals surface area contributed by atoms with Gasteiger partial charge in [0.1, 0.15) is 0 Å². The molecule has 1 aromatic carbocycles. The van der Waals surface area contributed by atoms with Crippen molar-refractivity contribution in [1.29, 1.82) is 0 Å². The molecule has 1 aliphatic heterocycles. The van der Waals surface area contributed by atoms with Crippen molar-refractivity contribution in [2.45, 2.75) is 4.90 Å². The molecule has 2 rings (SSSR count). The molecule has 0 unspecified atom stereocenters. The van der Waals surface area contributed by atoms with Gasteiger partial charge in [-0.15, -0.1) is 0 Å². The summed E-state index contributed by atoms with van der Waals surface area (Å²) in [5, 5.41) is 0. The molecule has 1 aliphatic rings. The van der Waals surface area contributed by atoms with E-state index in [9.17, 15) is 0 Å². The lowest BCUT2D eigenvalue weighted by Gasteiger charge is -1.96. The van der Waals surface area contributed by atoms with E-state index in [1.807, 2.05) is 24.3 Å². The first kappa shape index (κ1) is 6.61. The summed E-state index contributed by atoms with van der Waals surface area (Å²) >= 11 is 1.45. The van der Waals surface area contributed by atoms with Crippen LogP contribution in [0.4, 0.5) is 5.69 Å². The summed E-state index contributed by atoms with van der Waals surface area (Å²) in [6.07, 6.45) is 3.41. The largest absolute Gasteiger partial charge is 0.254 e. The number of hydrogen-bond acceptors (Lipinski definition) is 3. The third kappa shape index (κ3) is 1.33. The maximum Gasteiger partial charge on any atom is 0.0784 e. The molecule has 0 amide bonds. The highest BCUT2D eigenvalue weighted by molar-refractivity contribution is 7.98. The van der Waals surface area contributed by atoms with E-state index in [0.717, 1.165) is 10.6 Å². The lowest BCUT2D eigenvalue weighted by molar-refractivity contribution is 1.39. The minimum absolute atomic E-state index is 0.995. The molecule has 0 aliphatic carbocycles. The van der Waals surface area contributed by atoms with Crippen molar-refractivity contribution in [3.63, 3.8) is 0 Å². The first-order valence-electron chi connectivity index (χ1n) is 3.29. The molecule has 1 heterocycles. The number of fused-ring (bicyclic) bond motifs is 1. The average molecular weight is 162 g/mol. The van der Waals surface area contributed by atoms with Crippen LogP contribution < -0.4 is 0 Å². The van der Waals surface area contributed by atoms with Crippen molar-refractivity contribution in [2.75, 3.05) is 0 Å². The Morgan fingerprint density at radius 2 is 2.00 bits per heavy atom. The number of para-hydroxylation sites is 1. The highest BCUT2D eigenvalue weighted by atomic mass is 32.2. The Hall–Kier alpha value is -1.09. The normalized spacial score (nSPS) is 14.2. The van der Waals surface area contributed by atoms with E-state index in [1.54, 1.807) is 12.4 Å². The SMILES string of the molecule is C1=NSc2ccccc2N=C1. The molecule has 54 valence electrons. The topological polar surface area (TPSA) is 24.7 Å². The highest BCUT2D eigenvalue weighted by Crippen LogP contribution is 2.30. The summed E-state index contributed by atoms with van der Waals surface area (Å²) in [7, 11) is 0. The van der Waals surface area contributed by atoms with Crippen molar-refractivity contribution >= 4 is 30.1 Å². The van der Waals surface area contributed by atoms with Crippen LogP contribution in [-0.2, 0) is 0 Å². The molecule has 0 aromatic heterocycles. The number of hydrogen-bond donors (Lipinski definition) is 0. The fourth-order valence-corrected chi connectivity index (χ4v) is 1.45. The maximum atomic E-state index is 4.19. The molecule has 0 bridgehead atoms. The molecule has 2 nitrogen and oxygen atoms in total. The second-order valence-corrected chi connectivity index (χ2v) is 2.92. The summed E-state index contributed by atoms with van der Waals surface area (Å²) in [6.45, 7) is 0. The van der Waals surface area contributed by atoms with Gasteiger partial charge in [0.2, 0.25) is 0 Å². The van der Waals surface area contributed by atoms with E-state index in [0.29, 0.717) is 0 Å². The van der Waals surface area contributed by atoms with E-state index >= 15 is 0 Å². The number of aliphatic imine (C=N–C) groups is 1. The molecule has 1 aromatic rings. The Bertz CT molecular complexity index is 318. The van der Waals surface area contributed by atoms with Gasteiger partial charge in [0.15, 0.2) is 0 Å². The number of rotatable bonds is 0. The summed E-state index contributed by atoms with van der Waals surface area (Å²) < 4.78 is 4.05. The summed E-state index contributed by atoms with van der Waals surface area (Å²) in [5.74, 6) is 0. The van der Waals surface area contributed by atoms with Gasteiger partial charge in [-0.3, -0.25) is 4.99 Å². The summed E-state index contributed by atoms with van der Waals surface area (Å²) in [6, 6.07) is 7.96.